The van der Waals surface area contributed by atoms with Crippen LogP contribution in [0.25, 0.3) is 5.69 Å². The van der Waals surface area contributed by atoms with Crippen molar-refractivity contribution in [2.45, 2.75) is 19.9 Å². The van der Waals surface area contributed by atoms with Gasteiger partial charge in [0, 0.05) is 32.2 Å². The predicted octanol–water partition coefficient (Wildman–Crippen LogP) is 1.59. The molecule has 1 aromatic heterocycles. The van der Waals surface area contributed by atoms with Gasteiger partial charge in [-0.2, -0.15) is 5.10 Å². The van der Waals surface area contributed by atoms with Gasteiger partial charge in [0.2, 0.25) is 5.91 Å². The van der Waals surface area contributed by atoms with E-state index in [1.54, 1.807) is 23.6 Å². The summed E-state index contributed by atoms with van der Waals surface area (Å²) in [5.74, 6) is 0.138. The van der Waals surface area contributed by atoms with E-state index in [1.807, 2.05) is 24.3 Å². The Morgan fingerprint density at radius 2 is 1.93 bits per heavy atom. The van der Waals surface area contributed by atoms with Gasteiger partial charge in [0.05, 0.1) is 25.1 Å². The summed E-state index contributed by atoms with van der Waals surface area (Å²) in [6.07, 6.45) is 0.587. The molecule has 0 radical (unpaired) electrons. The van der Waals surface area contributed by atoms with E-state index in [4.69, 9.17) is 14.2 Å². The standard InChI is InChI=1S/C19H23N3O5/c1-4-27-19(24)18-15-11-21(17(23)12-25-2)10-9-16(15)22(20-18)13-5-7-14(26-3)8-6-13/h5-8H,4,9-12H2,1-3H3. The molecule has 1 aromatic carbocycles. The molecule has 0 fully saturated rings. The summed E-state index contributed by atoms with van der Waals surface area (Å²) >= 11 is 0. The van der Waals surface area contributed by atoms with Gasteiger partial charge in [-0.15, -0.1) is 0 Å². The van der Waals surface area contributed by atoms with Gasteiger partial charge >= 0.3 is 5.97 Å². The highest BCUT2D eigenvalue weighted by molar-refractivity contribution is 5.90. The summed E-state index contributed by atoms with van der Waals surface area (Å²) in [4.78, 5) is 26.3. The van der Waals surface area contributed by atoms with E-state index < -0.39 is 5.97 Å². The smallest absolute Gasteiger partial charge is 0.359 e. The molecule has 0 saturated carbocycles. The molecule has 2 aromatic rings. The van der Waals surface area contributed by atoms with Crippen LogP contribution in [0.1, 0.15) is 28.7 Å². The fourth-order valence-corrected chi connectivity index (χ4v) is 3.15. The van der Waals surface area contributed by atoms with Crippen molar-refractivity contribution in [1.82, 2.24) is 14.7 Å². The number of carbonyl (C=O) groups is 2. The molecule has 8 heteroatoms. The number of hydrogen-bond donors (Lipinski definition) is 0. The van der Waals surface area contributed by atoms with Crippen LogP contribution >= 0.6 is 0 Å². The molecule has 1 aliphatic rings. The number of rotatable bonds is 6. The maximum Gasteiger partial charge on any atom is 0.359 e. The molecule has 1 aliphatic heterocycles. The van der Waals surface area contributed by atoms with Crippen molar-refractivity contribution in [1.29, 1.82) is 0 Å². The number of nitrogens with zero attached hydrogens (tertiary/aromatic N) is 3. The van der Waals surface area contributed by atoms with Crippen LogP contribution < -0.4 is 4.74 Å². The summed E-state index contributed by atoms with van der Waals surface area (Å²) in [6.45, 7) is 2.87. The van der Waals surface area contributed by atoms with Gasteiger partial charge in [0.15, 0.2) is 5.69 Å². The number of carbonyl (C=O) groups excluding carboxylic acids is 2. The lowest BCUT2D eigenvalue weighted by molar-refractivity contribution is -0.136. The van der Waals surface area contributed by atoms with Gasteiger partial charge in [-0.05, 0) is 31.2 Å². The van der Waals surface area contributed by atoms with E-state index in [2.05, 4.69) is 5.10 Å². The van der Waals surface area contributed by atoms with Crippen LogP contribution in [0.2, 0.25) is 0 Å². The average molecular weight is 373 g/mol. The molecule has 0 unspecified atom stereocenters. The van der Waals surface area contributed by atoms with E-state index in [0.29, 0.717) is 19.5 Å². The van der Waals surface area contributed by atoms with E-state index in [1.165, 1.54) is 7.11 Å². The molecule has 0 N–H and O–H groups in total. The quantitative estimate of drug-likeness (QED) is 0.715. The van der Waals surface area contributed by atoms with E-state index in [0.717, 1.165) is 22.7 Å². The molecule has 144 valence electrons. The number of aromatic nitrogens is 2. The minimum atomic E-state index is -0.484. The maximum absolute atomic E-state index is 12.4. The third-order valence-corrected chi connectivity index (χ3v) is 4.46. The number of hydrogen-bond acceptors (Lipinski definition) is 6. The Balaban J connectivity index is 2.00. The van der Waals surface area contributed by atoms with Crippen molar-refractivity contribution in [2.24, 2.45) is 0 Å². The van der Waals surface area contributed by atoms with Crippen molar-refractivity contribution in [3.8, 4) is 11.4 Å². The van der Waals surface area contributed by atoms with E-state index >= 15 is 0 Å². The van der Waals surface area contributed by atoms with Crippen LogP contribution in [0.4, 0.5) is 0 Å². The van der Waals surface area contributed by atoms with Gasteiger partial charge < -0.3 is 19.1 Å². The summed E-state index contributed by atoms with van der Waals surface area (Å²) in [5, 5.41) is 4.51. The van der Waals surface area contributed by atoms with Crippen LogP contribution in [0.5, 0.6) is 5.75 Å². The fourth-order valence-electron chi connectivity index (χ4n) is 3.15. The first kappa shape index (κ1) is 18.9. The first-order valence-corrected chi connectivity index (χ1v) is 8.78. The minimum absolute atomic E-state index is 0.0106. The van der Waals surface area contributed by atoms with Crippen molar-refractivity contribution in [3.05, 3.63) is 41.2 Å². The van der Waals surface area contributed by atoms with Crippen molar-refractivity contribution in [2.75, 3.05) is 34.0 Å². The van der Waals surface area contributed by atoms with Crippen molar-refractivity contribution >= 4 is 11.9 Å². The lowest BCUT2D eigenvalue weighted by Gasteiger charge is -2.27. The molecular weight excluding hydrogens is 350 g/mol. The van der Waals surface area contributed by atoms with Gasteiger partial charge in [0.25, 0.3) is 0 Å². The Labute approximate surface area is 157 Å². The molecule has 0 saturated heterocycles. The number of benzene rings is 1. The first-order chi connectivity index (χ1) is 13.1. The molecule has 0 atom stereocenters. The summed E-state index contributed by atoms with van der Waals surface area (Å²) in [5.41, 5.74) is 2.70. The fraction of sp³-hybridized carbons (Fsp3) is 0.421. The van der Waals surface area contributed by atoms with Gasteiger partial charge in [0.1, 0.15) is 12.4 Å². The second kappa shape index (κ2) is 8.22. The summed E-state index contributed by atoms with van der Waals surface area (Å²) in [7, 11) is 3.09. The van der Waals surface area contributed by atoms with Crippen LogP contribution in [0.3, 0.4) is 0 Å². The predicted molar refractivity (Wildman–Crippen MR) is 97.1 cm³/mol. The zero-order chi connectivity index (χ0) is 19.4. The number of esters is 1. The molecular formula is C19H23N3O5. The Morgan fingerprint density at radius 1 is 1.19 bits per heavy atom. The zero-order valence-corrected chi connectivity index (χ0v) is 15.7. The number of fused-ring (bicyclic) bond motifs is 1. The van der Waals surface area contributed by atoms with Gasteiger partial charge in [-0.3, -0.25) is 4.79 Å². The second-order valence-electron chi connectivity index (χ2n) is 6.10. The van der Waals surface area contributed by atoms with Crippen LogP contribution in [0.15, 0.2) is 24.3 Å². The number of amides is 1. The second-order valence-corrected chi connectivity index (χ2v) is 6.10. The molecule has 27 heavy (non-hydrogen) atoms. The molecule has 0 spiro atoms. The SMILES string of the molecule is CCOC(=O)c1nn(-c2ccc(OC)cc2)c2c1CN(C(=O)COC)CC2. The van der Waals surface area contributed by atoms with Crippen molar-refractivity contribution < 1.29 is 23.8 Å². The lowest BCUT2D eigenvalue weighted by atomic mass is 10.0. The normalized spacial score (nSPS) is 13.2. The van der Waals surface area contributed by atoms with Gasteiger partial charge in [-0.1, -0.05) is 0 Å². The third kappa shape index (κ3) is 3.80. The highest BCUT2D eigenvalue weighted by Crippen LogP contribution is 2.27. The molecule has 1 amide bonds. The Morgan fingerprint density at radius 3 is 2.56 bits per heavy atom. The Kier molecular flexibility index (Phi) is 5.75. The van der Waals surface area contributed by atoms with Crippen molar-refractivity contribution in [3.63, 3.8) is 0 Å². The van der Waals surface area contributed by atoms with E-state index in [9.17, 15) is 9.59 Å². The van der Waals surface area contributed by atoms with Crippen LogP contribution in [-0.4, -0.2) is 60.5 Å². The zero-order valence-electron chi connectivity index (χ0n) is 15.7. The highest BCUT2D eigenvalue weighted by atomic mass is 16.5. The van der Waals surface area contributed by atoms with Crippen LogP contribution in [-0.2, 0) is 27.2 Å². The monoisotopic (exact) mass is 373 g/mol. The summed E-state index contributed by atoms with van der Waals surface area (Å²) in [6, 6.07) is 7.43. The lowest BCUT2D eigenvalue weighted by Crippen LogP contribution is -2.38. The minimum Gasteiger partial charge on any atom is -0.497 e. The average Bonchev–Trinajstić information content (AvgIpc) is 3.07. The third-order valence-electron chi connectivity index (χ3n) is 4.46. The summed E-state index contributed by atoms with van der Waals surface area (Å²) < 4.78 is 17.0. The maximum atomic E-state index is 12.4. The highest BCUT2D eigenvalue weighted by Gasteiger charge is 2.31. The molecule has 0 aliphatic carbocycles. The largest absolute Gasteiger partial charge is 0.497 e. The first-order valence-electron chi connectivity index (χ1n) is 8.78. The van der Waals surface area contributed by atoms with Gasteiger partial charge in [-0.25, -0.2) is 9.48 Å². The van der Waals surface area contributed by atoms with Crippen LogP contribution in [0, 0.1) is 0 Å². The molecule has 3 rings (SSSR count). The molecule has 8 nitrogen and oxygen atoms in total. The Hall–Kier alpha value is -2.87. The molecule has 0 bridgehead atoms. The Bertz CT molecular complexity index is 829. The van der Waals surface area contributed by atoms with E-state index in [-0.39, 0.29) is 24.8 Å². The number of ether oxygens (including phenoxy) is 3. The molecule has 2 heterocycles. The topological polar surface area (TPSA) is 82.9 Å². The number of methoxy groups -OCH3 is 2.